The summed E-state index contributed by atoms with van der Waals surface area (Å²) >= 11 is 4.12. The molecule has 0 aromatic heterocycles. The highest BCUT2D eigenvalue weighted by Gasteiger charge is 2.16. The van der Waals surface area contributed by atoms with Crippen LogP contribution in [0.4, 0.5) is 11.4 Å². The summed E-state index contributed by atoms with van der Waals surface area (Å²) in [5, 5.41) is 21.7. The van der Waals surface area contributed by atoms with Gasteiger partial charge in [-0.25, -0.2) is 0 Å². The molecule has 0 heterocycles. The van der Waals surface area contributed by atoms with E-state index in [1.165, 1.54) is 12.1 Å². The molecule has 0 atom stereocenters. The van der Waals surface area contributed by atoms with Gasteiger partial charge in [-0.15, -0.1) is 12.6 Å². The highest BCUT2D eigenvalue weighted by Crippen LogP contribution is 2.30. The van der Waals surface area contributed by atoms with Crippen LogP contribution in [0, 0.1) is 10.1 Å². The van der Waals surface area contributed by atoms with Gasteiger partial charge in [0.05, 0.1) is 4.92 Å². The molecule has 0 aliphatic carbocycles. The molecule has 2 N–H and O–H groups in total. The Balaban J connectivity index is 3.24. The van der Waals surface area contributed by atoms with Crippen molar-refractivity contribution in [3.63, 3.8) is 0 Å². The molecule has 86 valence electrons. The molecule has 1 amide bonds. The Morgan fingerprint density at radius 3 is 2.75 bits per heavy atom. The average Bonchev–Trinajstić information content (AvgIpc) is 2.22. The van der Waals surface area contributed by atoms with Gasteiger partial charge >= 0.3 is 0 Å². The molecule has 0 spiro atoms. The van der Waals surface area contributed by atoms with Gasteiger partial charge in [0.15, 0.2) is 0 Å². The Morgan fingerprint density at radius 2 is 2.25 bits per heavy atom. The number of aliphatic hydroxyl groups excluding tert-OH is 1. The SMILES string of the molecule is O=CNc1cc(S)c(CCO)cc1[N+](=O)[O-]. The Bertz CT molecular complexity index is 422. The quantitative estimate of drug-likeness (QED) is 0.310. The maximum atomic E-state index is 10.7. The standard InChI is InChI=1S/C9H10N2O4S/c12-2-1-6-3-8(11(14)15)7(10-5-13)4-9(6)16/h3-5,12,16H,1-2H2,(H,10,13). The van der Waals surface area contributed by atoms with Gasteiger partial charge in [-0.1, -0.05) is 0 Å². The predicted octanol–water partition coefficient (Wildman–Crippen LogP) is 0.987. The van der Waals surface area contributed by atoms with Gasteiger partial charge in [0.25, 0.3) is 5.69 Å². The van der Waals surface area contributed by atoms with E-state index in [4.69, 9.17) is 5.11 Å². The van der Waals surface area contributed by atoms with Crippen LogP contribution >= 0.6 is 12.6 Å². The third-order valence-electron chi connectivity index (χ3n) is 1.99. The van der Waals surface area contributed by atoms with Crippen molar-refractivity contribution >= 4 is 30.4 Å². The molecule has 7 heteroatoms. The van der Waals surface area contributed by atoms with E-state index in [-0.39, 0.29) is 24.4 Å². The summed E-state index contributed by atoms with van der Waals surface area (Å²) in [6.07, 6.45) is 0.641. The summed E-state index contributed by atoms with van der Waals surface area (Å²) < 4.78 is 0. The Hall–Kier alpha value is -1.60. The van der Waals surface area contributed by atoms with Crippen molar-refractivity contribution in [2.24, 2.45) is 0 Å². The number of nitro benzene ring substituents is 1. The summed E-state index contributed by atoms with van der Waals surface area (Å²) in [6, 6.07) is 2.69. The maximum absolute atomic E-state index is 10.7. The molecule has 0 radical (unpaired) electrons. The fraction of sp³-hybridized carbons (Fsp3) is 0.222. The van der Waals surface area contributed by atoms with Gasteiger partial charge in [0.2, 0.25) is 6.41 Å². The van der Waals surface area contributed by atoms with Crippen LogP contribution in [0.5, 0.6) is 0 Å². The van der Waals surface area contributed by atoms with Gasteiger partial charge < -0.3 is 10.4 Å². The number of amides is 1. The number of rotatable bonds is 5. The van der Waals surface area contributed by atoms with Crippen molar-refractivity contribution in [2.75, 3.05) is 11.9 Å². The number of thiol groups is 1. The zero-order valence-electron chi connectivity index (χ0n) is 8.21. The number of carbonyl (C=O) groups is 1. The smallest absolute Gasteiger partial charge is 0.293 e. The lowest BCUT2D eigenvalue weighted by atomic mass is 10.1. The molecular formula is C9H10N2O4S. The van der Waals surface area contributed by atoms with Gasteiger partial charge in [-0.2, -0.15) is 0 Å². The number of aliphatic hydroxyl groups is 1. The van der Waals surface area contributed by atoms with Crippen molar-refractivity contribution in [1.82, 2.24) is 0 Å². The fourth-order valence-electron chi connectivity index (χ4n) is 1.27. The molecule has 0 aliphatic rings. The topological polar surface area (TPSA) is 92.5 Å². The molecule has 1 aromatic carbocycles. The van der Waals surface area contributed by atoms with Crippen LogP contribution in [0.2, 0.25) is 0 Å². The monoisotopic (exact) mass is 242 g/mol. The second-order valence-corrected chi connectivity index (χ2v) is 3.47. The van der Waals surface area contributed by atoms with E-state index in [0.717, 1.165) is 0 Å². The minimum absolute atomic E-state index is 0.0895. The Labute approximate surface area is 96.8 Å². The second-order valence-electron chi connectivity index (χ2n) is 2.99. The molecule has 6 nitrogen and oxygen atoms in total. The first-order valence-electron chi connectivity index (χ1n) is 4.41. The number of nitrogens with zero attached hydrogens (tertiary/aromatic N) is 1. The highest BCUT2D eigenvalue weighted by atomic mass is 32.1. The summed E-state index contributed by atoms with van der Waals surface area (Å²) in [5.74, 6) is 0. The molecule has 16 heavy (non-hydrogen) atoms. The van der Waals surface area contributed by atoms with E-state index in [9.17, 15) is 14.9 Å². The molecule has 0 saturated carbocycles. The van der Waals surface area contributed by atoms with E-state index >= 15 is 0 Å². The molecule has 0 bridgehead atoms. The predicted molar refractivity (Wildman–Crippen MR) is 60.8 cm³/mol. The summed E-state index contributed by atoms with van der Waals surface area (Å²) in [6.45, 7) is -0.120. The molecule has 0 saturated heterocycles. The lowest BCUT2D eigenvalue weighted by molar-refractivity contribution is -0.384. The molecule has 0 aliphatic heterocycles. The van der Waals surface area contributed by atoms with Crippen LogP contribution in [-0.2, 0) is 11.2 Å². The van der Waals surface area contributed by atoms with Gasteiger partial charge in [-0.3, -0.25) is 14.9 Å². The molecule has 1 rings (SSSR count). The van der Waals surface area contributed by atoms with E-state index in [1.54, 1.807) is 0 Å². The van der Waals surface area contributed by atoms with Crippen LogP contribution < -0.4 is 5.32 Å². The molecule has 0 unspecified atom stereocenters. The number of benzene rings is 1. The van der Waals surface area contributed by atoms with Crippen molar-refractivity contribution in [3.05, 3.63) is 27.8 Å². The normalized spacial score (nSPS) is 9.88. The van der Waals surface area contributed by atoms with Crippen LogP contribution in [0.1, 0.15) is 5.56 Å². The van der Waals surface area contributed by atoms with Crippen LogP contribution in [0.25, 0.3) is 0 Å². The average molecular weight is 242 g/mol. The van der Waals surface area contributed by atoms with Crippen molar-refractivity contribution in [2.45, 2.75) is 11.3 Å². The zero-order chi connectivity index (χ0) is 12.1. The van der Waals surface area contributed by atoms with E-state index < -0.39 is 4.92 Å². The number of hydrogen-bond donors (Lipinski definition) is 3. The van der Waals surface area contributed by atoms with Crippen LogP contribution in [-0.4, -0.2) is 23.0 Å². The maximum Gasteiger partial charge on any atom is 0.293 e. The first-order valence-corrected chi connectivity index (χ1v) is 4.86. The Kier molecular flexibility index (Phi) is 4.27. The Morgan fingerprint density at radius 1 is 1.56 bits per heavy atom. The second kappa shape index (κ2) is 5.47. The minimum Gasteiger partial charge on any atom is -0.396 e. The number of nitrogens with one attached hydrogen (secondary N) is 1. The van der Waals surface area contributed by atoms with Crippen LogP contribution in [0.3, 0.4) is 0 Å². The minimum atomic E-state index is -0.597. The number of nitro groups is 1. The summed E-state index contributed by atoms with van der Waals surface area (Å²) in [5.41, 5.74) is 0.439. The highest BCUT2D eigenvalue weighted by molar-refractivity contribution is 7.80. The lowest BCUT2D eigenvalue weighted by Gasteiger charge is -2.07. The van der Waals surface area contributed by atoms with E-state index in [0.29, 0.717) is 16.9 Å². The number of hydrogen-bond acceptors (Lipinski definition) is 5. The van der Waals surface area contributed by atoms with Gasteiger partial charge in [0.1, 0.15) is 5.69 Å². The molecule has 1 aromatic rings. The fourth-order valence-corrected chi connectivity index (χ4v) is 1.58. The molecular weight excluding hydrogens is 232 g/mol. The van der Waals surface area contributed by atoms with Crippen molar-refractivity contribution in [1.29, 1.82) is 0 Å². The first kappa shape index (κ1) is 12.5. The van der Waals surface area contributed by atoms with E-state index in [2.05, 4.69) is 17.9 Å². The zero-order valence-corrected chi connectivity index (χ0v) is 9.11. The third-order valence-corrected chi connectivity index (χ3v) is 2.41. The number of carbonyl (C=O) groups excluding carboxylic acids is 1. The van der Waals surface area contributed by atoms with Gasteiger partial charge in [-0.05, 0) is 18.1 Å². The van der Waals surface area contributed by atoms with E-state index in [1.807, 2.05) is 0 Å². The van der Waals surface area contributed by atoms with Gasteiger partial charge in [0, 0.05) is 17.6 Å². The summed E-state index contributed by atoms with van der Waals surface area (Å²) in [7, 11) is 0. The van der Waals surface area contributed by atoms with Crippen molar-refractivity contribution < 1.29 is 14.8 Å². The number of anilines is 1. The van der Waals surface area contributed by atoms with Crippen molar-refractivity contribution in [3.8, 4) is 0 Å². The summed E-state index contributed by atoms with van der Waals surface area (Å²) in [4.78, 5) is 20.9. The third kappa shape index (κ3) is 2.71. The largest absolute Gasteiger partial charge is 0.396 e. The molecule has 0 fully saturated rings. The van der Waals surface area contributed by atoms with Crippen LogP contribution in [0.15, 0.2) is 17.0 Å². The first-order chi connectivity index (χ1) is 7.60. The lowest BCUT2D eigenvalue weighted by Crippen LogP contribution is -2.02.